The predicted octanol–water partition coefficient (Wildman–Crippen LogP) is 3.26. The van der Waals surface area contributed by atoms with Crippen LogP contribution in [0.5, 0.6) is 0 Å². The fraction of sp³-hybridized carbons (Fsp3) is 0.500. The normalized spacial score (nSPS) is 21.4. The van der Waals surface area contributed by atoms with Crippen LogP contribution in [-0.2, 0) is 11.2 Å². The molecule has 23 heavy (non-hydrogen) atoms. The second kappa shape index (κ2) is 6.70. The molecule has 0 bridgehead atoms. The Bertz CT molecular complexity index is 587. The molecule has 1 aliphatic heterocycles. The Hall–Kier alpha value is -1.89. The van der Waals surface area contributed by atoms with Crippen molar-refractivity contribution in [1.29, 1.82) is 0 Å². The quantitative estimate of drug-likeness (QED) is 0.902. The average Bonchev–Trinajstić information content (AvgIpc) is 2.84. The van der Waals surface area contributed by atoms with Crippen LogP contribution in [0.1, 0.15) is 38.2 Å². The summed E-state index contributed by atoms with van der Waals surface area (Å²) in [5.74, 6) is -0.873. The summed E-state index contributed by atoms with van der Waals surface area (Å²) in [4.78, 5) is 12.3. The summed E-state index contributed by atoms with van der Waals surface area (Å²) >= 11 is 0. The Labute approximate surface area is 132 Å². The molecule has 1 aromatic rings. The number of alkyl halides is 3. The Balaban J connectivity index is 2.23. The van der Waals surface area contributed by atoms with Gasteiger partial charge in [0.15, 0.2) is 0 Å². The van der Waals surface area contributed by atoms with E-state index in [0.29, 0.717) is 18.4 Å². The van der Waals surface area contributed by atoms with Crippen molar-refractivity contribution in [3.63, 3.8) is 0 Å². The maximum Gasteiger partial charge on any atom is 0.438 e. The lowest BCUT2D eigenvalue weighted by Gasteiger charge is -2.32. The fourth-order valence-corrected chi connectivity index (χ4v) is 2.47. The number of halogens is 3. The molecule has 1 aromatic carbocycles. The molecular weight excluding hydrogens is 309 g/mol. The standard InChI is InChI=1S/C16H19F3N2O2/c1-2-3-9-13-11-15(23,16(17,18)19)21(20-13)14(22)10-12-7-5-4-6-8-12/h4-8,23H,2-3,9-11H2,1H3/t15-/m0/s1. The van der Waals surface area contributed by atoms with Crippen molar-refractivity contribution in [3.8, 4) is 0 Å². The number of carbonyl (C=O) groups is 1. The molecular formula is C16H19F3N2O2. The van der Waals surface area contributed by atoms with Gasteiger partial charge in [0.05, 0.1) is 6.42 Å². The van der Waals surface area contributed by atoms with E-state index in [9.17, 15) is 23.1 Å². The smallest absolute Gasteiger partial charge is 0.362 e. The second-order valence-electron chi connectivity index (χ2n) is 5.63. The van der Waals surface area contributed by atoms with Crippen molar-refractivity contribution in [1.82, 2.24) is 5.01 Å². The zero-order valence-electron chi connectivity index (χ0n) is 12.8. The number of aliphatic hydroxyl groups is 1. The van der Waals surface area contributed by atoms with Crippen LogP contribution >= 0.6 is 0 Å². The van der Waals surface area contributed by atoms with Gasteiger partial charge in [0.2, 0.25) is 5.91 Å². The molecule has 4 nitrogen and oxygen atoms in total. The predicted molar refractivity (Wildman–Crippen MR) is 79.6 cm³/mol. The summed E-state index contributed by atoms with van der Waals surface area (Å²) in [5, 5.41) is 14.1. The fourth-order valence-electron chi connectivity index (χ4n) is 2.47. The summed E-state index contributed by atoms with van der Waals surface area (Å²) in [7, 11) is 0. The number of amides is 1. The van der Waals surface area contributed by atoms with Crippen LogP contribution in [0, 0.1) is 0 Å². The molecule has 0 aromatic heterocycles. The van der Waals surface area contributed by atoms with E-state index in [1.165, 1.54) is 0 Å². The number of carbonyl (C=O) groups excluding carboxylic acids is 1. The minimum absolute atomic E-state index is 0.202. The molecule has 2 rings (SSSR count). The monoisotopic (exact) mass is 328 g/mol. The van der Waals surface area contributed by atoms with Crippen LogP contribution in [0.3, 0.4) is 0 Å². The van der Waals surface area contributed by atoms with E-state index in [1.54, 1.807) is 30.3 Å². The summed E-state index contributed by atoms with van der Waals surface area (Å²) < 4.78 is 39.8. The Morgan fingerprint density at radius 2 is 2.00 bits per heavy atom. The molecule has 126 valence electrons. The van der Waals surface area contributed by atoms with Gasteiger partial charge in [-0.3, -0.25) is 4.79 Å². The van der Waals surface area contributed by atoms with E-state index in [1.807, 2.05) is 6.92 Å². The first-order valence-electron chi connectivity index (χ1n) is 7.50. The van der Waals surface area contributed by atoms with E-state index in [2.05, 4.69) is 5.10 Å². The molecule has 7 heteroatoms. The van der Waals surface area contributed by atoms with E-state index in [4.69, 9.17) is 0 Å². The van der Waals surface area contributed by atoms with Crippen molar-refractivity contribution in [2.24, 2.45) is 5.10 Å². The van der Waals surface area contributed by atoms with Crippen LogP contribution in [0.25, 0.3) is 0 Å². The number of hydrogen-bond donors (Lipinski definition) is 1. The highest BCUT2D eigenvalue weighted by Crippen LogP contribution is 2.41. The van der Waals surface area contributed by atoms with Gasteiger partial charge in [-0.2, -0.15) is 23.3 Å². The first kappa shape index (κ1) is 17.5. The summed E-state index contributed by atoms with van der Waals surface area (Å²) in [6.45, 7) is 1.91. The molecule has 0 spiro atoms. The number of benzene rings is 1. The van der Waals surface area contributed by atoms with E-state index < -0.39 is 24.2 Å². The molecule has 1 aliphatic rings. The largest absolute Gasteiger partial charge is 0.438 e. The van der Waals surface area contributed by atoms with Crippen molar-refractivity contribution in [2.45, 2.75) is 50.9 Å². The maximum absolute atomic E-state index is 13.3. The lowest BCUT2D eigenvalue weighted by atomic mass is 10.0. The van der Waals surface area contributed by atoms with Crippen LogP contribution in [0.15, 0.2) is 35.4 Å². The van der Waals surface area contributed by atoms with Crippen LogP contribution in [0.4, 0.5) is 13.2 Å². The highest BCUT2D eigenvalue weighted by Gasteiger charge is 2.62. The van der Waals surface area contributed by atoms with E-state index in [0.717, 1.165) is 6.42 Å². The Morgan fingerprint density at radius 1 is 1.35 bits per heavy atom. The molecule has 0 saturated carbocycles. The first-order valence-corrected chi connectivity index (χ1v) is 7.50. The van der Waals surface area contributed by atoms with Gasteiger partial charge >= 0.3 is 6.18 Å². The van der Waals surface area contributed by atoms with Gasteiger partial charge in [-0.05, 0) is 18.4 Å². The first-order chi connectivity index (χ1) is 10.8. The van der Waals surface area contributed by atoms with Gasteiger partial charge in [-0.15, -0.1) is 0 Å². The molecule has 0 radical (unpaired) electrons. The molecule has 0 aliphatic carbocycles. The number of nitrogens with zero attached hydrogens (tertiary/aromatic N) is 2. The van der Waals surface area contributed by atoms with Gasteiger partial charge in [-0.25, -0.2) is 0 Å². The molecule has 1 N–H and O–H groups in total. The van der Waals surface area contributed by atoms with Crippen LogP contribution < -0.4 is 0 Å². The molecule has 0 saturated heterocycles. The van der Waals surface area contributed by atoms with Crippen LogP contribution in [-0.4, -0.2) is 33.6 Å². The van der Waals surface area contributed by atoms with Gasteiger partial charge in [0, 0.05) is 12.1 Å². The summed E-state index contributed by atoms with van der Waals surface area (Å²) in [6.07, 6.45) is -4.10. The Kier molecular flexibility index (Phi) is 5.09. The third-order valence-corrected chi connectivity index (χ3v) is 3.75. The maximum atomic E-state index is 13.3. The molecule has 0 fully saturated rings. The van der Waals surface area contributed by atoms with Gasteiger partial charge in [-0.1, -0.05) is 43.7 Å². The van der Waals surface area contributed by atoms with Crippen molar-refractivity contribution >= 4 is 11.6 Å². The minimum atomic E-state index is -4.96. The minimum Gasteiger partial charge on any atom is -0.362 e. The van der Waals surface area contributed by atoms with Gasteiger partial charge < -0.3 is 5.11 Å². The van der Waals surface area contributed by atoms with E-state index >= 15 is 0 Å². The third-order valence-electron chi connectivity index (χ3n) is 3.75. The number of hydrogen-bond acceptors (Lipinski definition) is 3. The highest BCUT2D eigenvalue weighted by atomic mass is 19.4. The topological polar surface area (TPSA) is 52.9 Å². The zero-order chi connectivity index (χ0) is 17.1. The second-order valence-corrected chi connectivity index (χ2v) is 5.63. The third kappa shape index (κ3) is 3.72. The zero-order valence-corrected chi connectivity index (χ0v) is 12.8. The lowest BCUT2D eigenvalue weighted by Crippen LogP contribution is -2.57. The van der Waals surface area contributed by atoms with Crippen LogP contribution in [0.2, 0.25) is 0 Å². The molecule has 1 amide bonds. The average molecular weight is 328 g/mol. The molecule has 1 atom stereocenters. The van der Waals surface area contributed by atoms with Crippen molar-refractivity contribution < 1.29 is 23.1 Å². The number of rotatable bonds is 5. The summed E-state index contributed by atoms with van der Waals surface area (Å²) in [6, 6.07) is 8.42. The molecule has 0 unspecified atom stereocenters. The van der Waals surface area contributed by atoms with Crippen molar-refractivity contribution in [2.75, 3.05) is 0 Å². The lowest BCUT2D eigenvalue weighted by molar-refractivity contribution is -0.302. The Morgan fingerprint density at radius 3 is 2.57 bits per heavy atom. The SMILES string of the molecule is CCCCC1=NN(C(=O)Cc2ccccc2)[C@@](O)(C(F)(F)F)C1. The number of hydrazone groups is 1. The molecule has 1 heterocycles. The number of unbranched alkanes of at least 4 members (excludes halogenated alkanes) is 1. The van der Waals surface area contributed by atoms with Crippen molar-refractivity contribution in [3.05, 3.63) is 35.9 Å². The van der Waals surface area contributed by atoms with E-state index in [-0.39, 0.29) is 17.1 Å². The highest BCUT2D eigenvalue weighted by molar-refractivity contribution is 5.91. The van der Waals surface area contributed by atoms with Gasteiger partial charge in [0.1, 0.15) is 0 Å². The van der Waals surface area contributed by atoms with Gasteiger partial charge in [0.25, 0.3) is 5.72 Å². The summed E-state index contributed by atoms with van der Waals surface area (Å²) in [5.41, 5.74) is -2.48.